The average Bonchev–Trinajstić information content (AvgIpc) is 3.22. The van der Waals surface area contributed by atoms with Crippen molar-refractivity contribution in [3.05, 3.63) is 59.4 Å². The van der Waals surface area contributed by atoms with Crippen molar-refractivity contribution in [3.63, 3.8) is 0 Å². The van der Waals surface area contributed by atoms with Crippen LogP contribution in [0.5, 0.6) is 0 Å². The van der Waals surface area contributed by atoms with Crippen molar-refractivity contribution in [2.24, 2.45) is 0 Å². The van der Waals surface area contributed by atoms with Gasteiger partial charge < -0.3 is 15.6 Å². The molecule has 0 bridgehead atoms. The van der Waals surface area contributed by atoms with Crippen LogP contribution in [0.3, 0.4) is 0 Å². The third kappa shape index (κ3) is 5.81. The van der Waals surface area contributed by atoms with Gasteiger partial charge in [-0.1, -0.05) is 12.1 Å². The van der Waals surface area contributed by atoms with Gasteiger partial charge in [-0.2, -0.15) is 13.2 Å². The van der Waals surface area contributed by atoms with E-state index in [1.54, 1.807) is 18.5 Å². The second-order valence-electron chi connectivity index (χ2n) is 6.56. The molecular weight excluding hydrogens is 409 g/mol. The van der Waals surface area contributed by atoms with Gasteiger partial charge in [-0.05, 0) is 18.2 Å². The standard InChI is InChI=1S/C19H21F3N4O2.ClH/c20-19(21,22)16(26-9-7-23-8-10-26)12-25-18(28)14-3-1-13(2-4-14)17(27)15-5-6-24-11-15;/h1-6,11,16,23-24H,7-10,12H2,(H,25,28);1H. The van der Waals surface area contributed by atoms with Gasteiger partial charge in [0.1, 0.15) is 6.04 Å². The Morgan fingerprint density at radius 2 is 1.66 bits per heavy atom. The van der Waals surface area contributed by atoms with Gasteiger partial charge in [0.25, 0.3) is 5.91 Å². The molecule has 0 radical (unpaired) electrons. The molecule has 0 spiro atoms. The number of ketones is 1. The molecule has 29 heavy (non-hydrogen) atoms. The van der Waals surface area contributed by atoms with E-state index >= 15 is 0 Å². The molecule has 1 aromatic heterocycles. The molecule has 0 saturated carbocycles. The maximum absolute atomic E-state index is 13.4. The normalized spacial score (nSPS) is 16.0. The quantitative estimate of drug-likeness (QED) is 0.614. The Labute approximate surface area is 172 Å². The van der Waals surface area contributed by atoms with Crippen LogP contribution in [0.1, 0.15) is 26.3 Å². The summed E-state index contributed by atoms with van der Waals surface area (Å²) in [6.45, 7) is 0.993. The highest BCUT2D eigenvalue weighted by molar-refractivity contribution is 6.09. The smallest absolute Gasteiger partial charge is 0.367 e. The van der Waals surface area contributed by atoms with Crippen LogP contribution in [0, 0.1) is 0 Å². The highest BCUT2D eigenvalue weighted by Crippen LogP contribution is 2.25. The highest BCUT2D eigenvalue weighted by atomic mass is 35.5. The molecule has 3 rings (SSSR count). The lowest BCUT2D eigenvalue weighted by atomic mass is 10.0. The van der Waals surface area contributed by atoms with E-state index in [9.17, 15) is 22.8 Å². The molecular formula is C19H22ClF3N4O2. The summed E-state index contributed by atoms with van der Waals surface area (Å²) in [5.41, 5.74) is 1.08. The van der Waals surface area contributed by atoms with Crippen molar-refractivity contribution in [2.75, 3.05) is 32.7 Å². The summed E-state index contributed by atoms with van der Waals surface area (Å²) in [5.74, 6) is -0.811. The van der Waals surface area contributed by atoms with Gasteiger partial charge in [0, 0.05) is 61.8 Å². The number of hydrogen-bond acceptors (Lipinski definition) is 4. The number of aromatic nitrogens is 1. The first-order valence-electron chi connectivity index (χ1n) is 8.93. The fraction of sp³-hybridized carbons (Fsp3) is 0.368. The molecule has 1 aliphatic rings. The van der Waals surface area contributed by atoms with Crippen LogP contribution >= 0.6 is 12.4 Å². The Morgan fingerprint density at radius 1 is 1.03 bits per heavy atom. The van der Waals surface area contributed by atoms with Gasteiger partial charge in [-0.15, -0.1) is 12.4 Å². The van der Waals surface area contributed by atoms with Crippen molar-refractivity contribution in [3.8, 4) is 0 Å². The van der Waals surface area contributed by atoms with Crippen LogP contribution in [-0.2, 0) is 0 Å². The molecule has 2 heterocycles. The second kappa shape index (κ2) is 9.91. The first kappa shape index (κ1) is 22.9. The van der Waals surface area contributed by atoms with Gasteiger partial charge in [-0.25, -0.2) is 0 Å². The molecule has 1 aliphatic heterocycles. The lowest BCUT2D eigenvalue weighted by Gasteiger charge is -2.35. The minimum absolute atomic E-state index is 0. The molecule has 1 fully saturated rings. The maximum Gasteiger partial charge on any atom is 0.405 e. The van der Waals surface area contributed by atoms with Crippen LogP contribution in [0.15, 0.2) is 42.7 Å². The number of nitrogens with one attached hydrogen (secondary N) is 3. The summed E-state index contributed by atoms with van der Waals surface area (Å²) in [4.78, 5) is 28.6. The SMILES string of the molecule is Cl.O=C(NCC(N1CCNCC1)C(F)(F)F)c1ccc(C(=O)c2cc[nH]c2)cc1. The Bertz CT molecular complexity index is 804. The first-order chi connectivity index (χ1) is 13.4. The summed E-state index contributed by atoms with van der Waals surface area (Å²) in [6.07, 6.45) is -1.24. The number of rotatable bonds is 6. The van der Waals surface area contributed by atoms with Gasteiger partial charge in [0.2, 0.25) is 0 Å². The second-order valence-corrected chi connectivity index (χ2v) is 6.56. The molecule has 0 aliphatic carbocycles. The molecule has 158 valence electrons. The Morgan fingerprint density at radius 3 is 2.21 bits per heavy atom. The lowest BCUT2D eigenvalue weighted by molar-refractivity contribution is -0.183. The molecule has 10 heteroatoms. The van der Waals surface area contributed by atoms with E-state index in [0.717, 1.165) is 0 Å². The fourth-order valence-corrected chi connectivity index (χ4v) is 3.14. The summed E-state index contributed by atoms with van der Waals surface area (Å²) in [6, 6.07) is 5.75. The van der Waals surface area contributed by atoms with Crippen molar-refractivity contribution in [1.29, 1.82) is 0 Å². The predicted molar refractivity (Wildman–Crippen MR) is 105 cm³/mol. The first-order valence-corrected chi connectivity index (χ1v) is 8.93. The number of carbonyl (C=O) groups excluding carboxylic acids is 2. The number of hydrogen-bond donors (Lipinski definition) is 3. The number of alkyl halides is 3. The monoisotopic (exact) mass is 430 g/mol. The van der Waals surface area contributed by atoms with Crippen LogP contribution in [0.2, 0.25) is 0 Å². The van der Waals surface area contributed by atoms with Crippen LogP contribution in [0.4, 0.5) is 13.2 Å². The van der Waals surface area contributed by atoms with Gasteiger partial charge in [-0.3, -0.25) is 14.5 Å². The average molecular weight is 431 g/mol. The van der Waals surface area contributed by atoms with Gasteiger partial charge >= 0.3 is 6.18 Å². The number of aromatic amines is 1. The zero-order valence-corrected chi connectivity index (χ0v) is 16.3. The zero-order valence-electron chi connectivity index (χ0n) is 15.5. The number of amides is 1. The number of piperazine rings is 1. The molecule has 1 saturated heterocycles. The Kier molecular flexibility index (Phi) is 7.83. The minimum Gasteiger partial charge on any atom is -0.367 e. The molecule has 1 aromatic carbocycles. The predicted octanol–water partition coefficient (Wildman–Crippen LogP) is 2.23. The summed E-state index contributed by atoms with van der Waals surface area (Å²) in [5, 5.41) is 5.38. The molecule has 3 N–H and O–H groups in total. The molecule has 2 aromatic rings. The van der Waals surface area contributed by atoms with Crippen LogP contribution in [-0.4, -0.2) is 66.5 Å². The van der Waals surface area contributed by atoms with E-state index in [-0.39, 0.29) is 36.8 Å². The third-order valence-electron chi connectivity index (χ3n) is 4.70. The van der Waals surface area contributed by atoms with E-state index in [2.05, 4.69) is 15.6 Å². The van der Waals surface area contributed by atoms with Crippen LogP contribution in [0.25, 0.3) is 0 Å². The zero-order chi connectivity index (χ0) is 20.1. The van der Waals surface area contributed by atoms with Gasteiger partial charge in [0.15, 0.2) is 5.78 Å². The number of H-pyrrole nitrogens is 1. The maximum atomic E-state index is 13.4. The molecule has 1 atom stereocenters. The minimum atomic E-state index is -4.43. The Hall–Kier alpha value is -2.36. The van der Waals surface area contributed by atoms with E-state index < -0.39 is 24.7 Å². The molecule has 6 nitrogen and oxygen atoms in total. The summed E-state index contributed by atoms with van der Waals surface area (Å²) >= 11 is 0. The number of halogens is 4. The summed E-state index contributed by atoms with van der Waals surface area (Å²) in [7, 11) is 0. The highest BCUT2D eigenvalue weighted by Gasteiger charge is 2.43. The van der Waals surface area contributed by atoms with Crippen molar-refractivity contribution < 1.29 is 22.8 Å². The topological polar surface area (TPSA) is 77.2 Å². The number of nitrogens with zero attached hydrogens (tertiary/aromatic N) is 1. The van der Waals surface area contributed by atoms with E-state index in [4.69, 9.17) is 0 Å². The third-order valence-corrected chi connectivity index (χ3v) is 4.70. The largest absolute Gasteiger partial charge is 0.405 e. The van der Waals surface area contributed by atoms with Crippen LogP contribution < -0.4 is 10.6 Å². The van der Waals surface area contributed by atoms with Crippen molar-refractivity contribution in [2.45, 2.75) is 12.2 Å². The number of benzene rings is 1. The van der Waals surface area contributed by atoms with E-state index in [1.165, 1.54) is 29.2 Å². The lowest BCUT2D eigenvalue weighted by Crippen LogP contribution is -2.57. The summed E-state index contributed by atoms with van der Waals surface area (Å²) < 4.78 is 40.1. The van der Waals surface area contributed by atoms with Gasteiger partial charge in [0.05, 0.1) is 0 Å². The van der Waals surface area contributed by atoms with Crippen molar-refractivity contribution in [1.82, 2.24) is 20.5 Å². The molecule has 1 amide bonds. The molecule has 1 unspecified atom stereocenters. The van der Waals surface area contributed by atoms with E-state index in [0.29, 0.717) is 24.2 Å². The van der Waals surface area contributed by atoms with Crippen molar-refractivity contribution >= 4 is 24.1 Å². The van der Waals surface area contributed by atoms with E-state index in [1.807, 2.05) is 0 Å². The Balaban J connectivity index is 0.00000300. The fourth-order valence-electron chi connectivity index (χ4n) is 3.14. The number of carbonyl (C=O) groups is 2.